The van der Waals surface area contributed by atoms with Crippen LogP contribution in [0.3, 0.4) is 0 Å². The number of pyridine rings is 1. The first kappa shape index (κ1) is 24.6. The lowest BCUT2D eigenvalue weighted by molar-refractivity contribution is -0.192. The van der Waals surface area contributed by atoms with E-state index in [-0.39, 0.29) is 10.9 Å². The summed E-state index contributed by atoms with van der Waals surface area (Å²) in [5, 5.41) is 47.4. The molecule has 0 radical (unpaired) electrons. The molecule has 0 bridgehead atoms. The SMILES string of the molecule is CN1NN(C2C(O)[C@@H](Sc3cc(Br)cnc3C#N)OC(CO)[C@@H]2O)C=C1C1(C)CSC(=O)N1. The summed E-state index contributed by atoms with van der Waals surface area (Å²) < 4.78 is 6.45. The Balaban J connectivity index is 1.62. The first-order valence-electron chi connectivity index (χ1n) is 9.97. The highest BCUT2D eigenvalue weighted by molar-refractivity contribution is 9.10. The Morgan fingerprint density at radius 2 is 2.24 bits per heavy atom. The highest BCUT2D eigenvalue weighted by Gasteiger charge is 2.50. The van der Waals surface area contributed by atoms with Crippen LogP contribution < -0.4 is 10.9 Å². The van der Waals surface area contributed by atoms with Crippen LogP contribution in [0.15, 0.2) is 33.5 Å². The molecule has 33 heavy (non-hydrogen) atoms. The van der Waals surface area contributed by atoms with Gasteiger partial charge in [-0.25, -0.2) is 4.98 Å². The van der Waals surface area contributed by atoms with Crippen LogP contribution in [-0.2, 0) is 4.74 Å². The minimum absolute atomic E-state index is 0.121. The zero-order valence-corrected chi connectivity index (χ0v) is 20.9. The minimum Gasteiger partial charge on any atom is -0.394 e. The van der Waals surface area contributed by atoms with E-state index in [4.69, 9.17) is 4.74 Å². The maximum atomic E-state index is 11.8. The Bertz CT molecular complexity index is 1010. The van der Waals surface area contributed by atoms with Gasteiger partial charge in [-0.3, -0.25) is 14.8 Å². The molecule has 0 spiro atoms. The number of nitrogens with one attached hydrogen (secondary N) is 2. The molecule has 0 aromatic carbocycles. The molecule has 1 amide bonds. The number of carbonyl (C=O) groups excluding carboxylic acids is 1. The molecule has 0 saturated carbocycles. The summed E-state index contributed by atoms with van der Waals surface area (Å²) in [6.07, 6.45) is -0.180. The Morgan fingerprint density at radius 3 is 2.88 bits per heavy atom. The molecule has 6 atom stereocenters. The van der Waals surface area contributed by atoms with Crippen LogP contribution in [0, 0.1) is 11.3 Å². The van der Waals surface area contributed by atoms with Gasteiger partial charge in [0.05, 0.1) is 17.8 Å². The van der Waals surface area contributed by atoms with Gasteiger partial charge in [0.1, 0.15) is 35.9 Å². The summed E-state index contributed by atoms with van der Waals surface area (Å²) >= 11 is 5.61. The number of halogens is 1. The zero-order valence-electron chi connectivity index (χ0n) is 17.7. The summed E-state index contributed by atoms with van der Waals surface area (Å²) in [5.41, 5.74) is 2.47. The van der Waals surface area contributed by atoms with Crippen LogP contribution in [0.1, 0.15) is 12.6 Å². The van der Waals surface area contributed by atoms with Crippen molar-refractivity contribution in [1.29, 1.82) is 5.26 Å². The van der Waals surface area contributed by atoms with E-state index in [1.807, 2.05) is 13.0 Å². The third kappa shape index (κ3) is 4.69. The van der Waals surface area contributed by atoms with E-state index >= 15 is 0 Å². The number of likely N-dealkylation sites (N-methyl/N-ethyl adjacent to an activating group) is 1. The van der Waals surface area contributed by atoms with Crippen molar-refractivity contribution in [2.45, 2.75) is 47.1 Å². The maximum absolute atomic E-state index is 11.8. The molecule has 11 nitrogen and oxygen atoms in total. The first-order chi connectivity index (χ1) is 15.7. The molecular weight excluding hydrogens is 536 g/mol. The van der Waals surface area contributed by atoms with Gasteiger partial charge in [-0.15, -0.1) is 5.53 Å². The molecule has 5 N–H and O–H groups in total. The lowest BCUT2D eigenvalue weighted by Gasteiger charge is -2.45. The number of hydrogen-bond donors (Lipinski definition) is 5. The largest absolute Gasteiger partial charge is 0.394 e. The van der Waals surface area contributed by atoms with Crippen LogP contribution in [0.4, 0.5) is 4.79 Å². The van der Waals surface area contributed by atoms with Gasteiger partial charge in [0.25, 0.3) is 5.24 Å². The number of nitriles is 1. The molecular formula is C19H23BrN6O5S2. The van der Waals surface area contributed by atoms with Gasteiger partial charge < -0.3 is 25.4 Å². The first-order valence-corrected chi connectivity index (χ1v) is 12.6. The van der Waals surface area contributed by atoms with E-state index < -0.39 is 41.9 Å². The number of amides is 1. The third-order valence-corrected chi connectivity index (χ3v) is 8.37. The predicted octanol–water partition coefficient (Wildman–Crippen LogP) is 0.339. The van der Waals surface area contributed by atoms with Crippen molar-refractivity contribution >= 4 is 44.7 Å². The van der Waals surface area contributed by atoms with Gasteiger partial charge in [-0.1, -0.05) is 23.5 Å². The van der Waals surface area contributed by atoms with Gasteiger partial charge in [0.2, 0.25) is 0 Å². The van der Waals surface area contributed by atoms with Crippen molar-refractivity contribution in [3.8, 4) is 6.07 Å². The molecule has 3 aliphatic heterocycles. The Hall–Kier alpha value is -1.57. The van der Waals surface area contributed by atoms with Gasteiger partial charge in [0, 0.05) is 34.6 Å². The number of aliphatic hydroxyl groups excluding tert-OH is 3. The highest BCUT2D eigenvalue weighted by atomic mass is 79.9. The van der Waals surface area contributed by atoms with Crippen LogP contribution in [0.5, 0.6) is 0 Å². The van der Waals surface area contributed by atoms with Crippen molar-refractivity contribution < 1.29 is 24.9 Å². The molecule has 178 valence electrons. The number of hydrazine groups is 2. The monoisotopic (exact) mass is 558 g/mol. The van der Waals surface area contributed by atoms with E-state index in [1.54, 1.807) is 29.3 Å². The molecule has 1 aromatic rings. The Morgan fingerprint density at radius 1 is 1.48 bits per heavy atom. The summed E-state index contributed by atoms with van der Waals surface area (Å²) in [6.45, 7) is 1.43. The van der Waals surface area contributed by atoms with E-state index in [2.05, 4.69) is 31.8 Å². The lowest BCUT2D eigenvalue weighted by Crippen LogP contribution is -2.65. The second-order valence-electron chi connectivity index (χ2n) is 8.04. The van der Waals surface area contributed by atoms with E-state index in [0.717, 1.165) is 17.5 Å². The van der Waals surface area contributed by atoms with Gasteiger partial charge >= 0.3 is 0 Å². The fourth-order valence-electron chi connectivity index (χ4n) is 4.00. The highest BCUT2D eigenvalue weighted by Crippen LogP contribution is 2.39. The fourth-order valence-corrected chi connectivity index (χ4v) is 6.57. The lowest BCUT2D eigenvalue weighted by atomic mass is 9.96. The quantitative estimate of drug-likeness (QED) is 0.338. The van der Waals surface area contributed by atoms with Crippen molar-refractivity contribution in [2.75, 3.05) is 19.4 Å². The average molecular weight is 559 g/mol. The molecule has 4 rings (SSSR count). The summed E-state index contributed by atoms with van der Waals surface area (Å²) in [6, 6.07) is 2.81. The second kappa shape index (κ2) is 9.59. The maximum Gasteiger partial charge on any atom is 0.279 e. The summed E-state index contributed by atoms with van der Waals surface area (Å²) in [5.74, 6) is 0.529. The number of aliphatic hydroxyl groups is 3. The van der Waals surface area contributed by atoms with Gasteiger partial charge in [0.15, 0.2) is 5.69 Å². The topological polar surface area (TPSA) is 154 Å². The Labute approximate surface area is 207 Å². The fraction of sp³-hybridized carbons (Fsp3) is 0.526. The number of carbonyl (C=O) groups is 1. The zero-order chi connectivity index (χ0) is 23.9. The molecule has 4 heterocycles. The van der Waals surface area contributed by atoms with Crippen LogP contribution in [0.25, 0.3) is 0 Å². The van der Waals surface area contributed by atoms with E-state index in [1.165, 1.54) is 18.0 Å². The van der Waals surface area contributed by atoms with Crippen molar-refractivity contribution in [3.05, 3.63) is 34.3 Å². The molecule has 1 aromatic heterocycles. The molecule has 2 fully saturated rings. The molecule has 0 aliphatic carbocycles. The number of nitrogens with zero attached hydrogens (tertiary/aromatic N) is 4. The van der Waals surface area contributed by atoms with Gasteiger partial charge in [-0.2, -0.15) is 5.26 Å². The normalized spacial score (nSPS) is 34.3. The molecule has 2 saturated heterocycles. The van der Waals surface area contributed by atoms with Crippen LogP contribution in [-0.4, -0.2) is 90.3 Å². The number of thioether (sulfide) groups is 2. The number of hydrogen-bond acceptors (Lipinski definition) is 12. The number of rotatable bonds is 5. The van der Waals surface area contributed by atoms with Crippen molar-refractivity contribution in [2.24, 2.45) is 0 Å². The number of aromatic nitrogens is 1. The smallest absolute Gasteiger partial charge is 0.279 e. The van der Waals surface area contributed by atoms with E-state index in [9.17, 15) is 25.4 Å². The minimum atomic E-state index is -1.23. The summed E-state index contributed by atoms with van der Waals surface area (Å²) in [7, 11) is 1.77. The standard InChI is InChI=1S/C19H23BrN6O5S2/c1-19(8-32-18(30)23-19)13-6-26(24-25(13)2)14-15(28)11(7-27)31-17(16(14)29)33-12-3-9(20)5-22-10(12)4-21/h3,5-6,11,14-17,24,27-29H,7-8H2,1-2H3,(H,23,30)/t11?,14?,15-,16?,17+,19?/m0/s1. The predicted molar refractivity (Wildman–Crippen MR) is 124 cm³/mol. The molecule has 4 unspecified atom stereocenters. The Kier molecular flexibility index (Phi) is 7.13. The third-order valence-electron chi connectivity index (χ3n) is 5.66. The summed E-state index contributed by atoms with van der Waals surface area (Å²) in [4.78, 5) is 16.4. The van der Waals surface area contributed by atoms with E-state index in [0.29, 0.717) is 15.1 Å². The second-order valence-corrected chi connectivity index (χ2v) is 11.0. The van der Waals surface area contributed by atoms with Crippen LogP contribution in [0.2, 0.25) is 0 Å². The van der Waals surface area contributed by atoms with Crippen molar-refractivity contribution in [1.82, 2.24) is 25.9 Å². The van der Waals surface area contributed by atoms with Gasteiger partial charge in [-0.05, 0) is 28.9 Å². The van der Waals surface area contributed by atoms with Crippen molar-refractivity contribution in [3.63, 3.8) is 0 Å². The molecule has 14 heteroatoms. The average Bonchev–Trinajstić information content (AvgIpc) is 3.33. The van der Waals surface area contributed by atoms with Crippen LogP contribution >= 0.6 is 39.5 Å². The number of ether oxygens (including phenoxy) is 1. The molecule has 3 aliphatic rings.